The van der Waals surface area contributed by atoms with Crippen LogP contribution >= 0.6 is 24.0 Å². The number of hydrogen-bond acceptors (Lipinski definition) is 6. The van der Waals surface area contributed by atoms with E-state index in [1.165, 1.54) is 18.0 Å². The first-order valence-corrected chi connectivity index (χ1v) is 10.8. The van der Waals surface area contributed by atoms with Gasteiger partial charge in [-0.1, -0.05) is 66.4 Å². The Hall–Kier alpha value is -3.16. The van der Waals surface area contributed by atoms with Gasteiger partial charge in [-0.15, -0.1) is 0 Å². The second kappa shape index (κ2) is 9.32. The summed E-state index contributed by atoms with van der Waals surface area (Å²) in [4.78, 5) is 27.4. The van der Waals surface area contributed by atoms with Crippen LogP contribution < -0.4 is 4.74 Å². The molecule has 1 aliphatic rings. The molecule has 156 valence electrons. The zero-order chi connectivity index (χ0) is 21.8. The fourth-order valence-corrected chi connectivity index (χ4v) is 4.50. The predicted molar refractivity (Wildman–Crippen MR) is 125 cm³/mol. The number of methoxy groups -OCH3 is 1. The Bertz CT molecular complexity index is 1150. The molecule has 0 bridgehead atoms. The normalized spacial score (nSPS) is 15.0. The van der Waals surface area contributed by atoms with Crippen LogP contribution in [0.2, 0.25) is 0 Å². The van der Waals surface area contributed by atoms with Gasteiger partial charge in [-0.25, -0.2) is 0 Å². The Kier molecular flexibility index (Phi) is 6.34. The Morgan fingerprint density at radius 1 is 1.16 bits per heavy atom. The van der Waals surface area contributed by atoms with Gasteiger partial charge in [0.15, 0.2) is 5.76 Å². The van der Waals surface area contributed by atoms with Crippen molar-refractivity contribution >= 4 is 46.1 Å². The minimum Gasteiger partial charge on any atom is -0.496 e. The van der Waals surface area contributed by atoms with Crippen LogP contribution in [0.4, 0.5) is 0 Å². The summed E-state index contributed by atoms with van der Waals surface area (Å²) in [6.45, 7) is 0.444. The molecule has 0 radical (unpaired) electrons. The molecular weight excluding hydrogens is 430 g/mol. The van der Waals surface area contributed by atoms with Crippen molar-refractivity contribution in [1.82, 2.24) is 4.90 Å². The third-order valence-electron chi connectivity index (χ3n) is 4.81. The second-order valence-corrected chi connectivity index (χ2v) is 8.58. The molecule has 2 aromatic carbocycles. The predicted octanol–water partition coefficient (Wildman–Crippen LogP) is 5.12. The average molecular weight is 450 g/mol. The van der Waals surface area contributed by atoms with Crippen molar-refractivity contribution in [2.75, 3.05) is 7.11 Å². The third kappa shape index (κ3) is 4.78. The summed E-state index contributed by atoms with van der Waals surface area (Å²) in [5.41, 5.74) is 2.57. The number of thioether (sulfide) groups is 1. The quantitative estimate of drug-likeness (QED) is 0.284. The number of ether oxygens (including phenoxy) is 1. The van der Waals surface area contributed by atoms with E-state index < -0.39 is 0 Å². The molecule has 0 spiro atoms. The number of Topliss-reactive ketones (excluding diaryl/α,β-unsaturated/α-hetero) is 1. The average Bonchev–Trinajstić information content (AvgIpc) is 3.41. The molecule has 7 heteroatoms. The number of furan rings is 1. The molecule has 0 saturated carbocycles. The van der Waals surface area contributed by atoms with Crippen LogP contribution in [0.3, 0.4) is 0 Å². The van der Waals surface area contributed by atoms with Gasteiger partial charge in [-0.2, -0.15) is 0 Å². The molecule has 1 fully saturated rings. The van der Waals surface area contributed by atoms with Gasteiger partial charge in [-0.3, -0.25) is 14.5 Å². The van der Waals surface area contributed by atoms with Crippen LogP contribution in [0.5, 0.6) is 5.75 Å². The Balaban J connectivity index is 1.52. The second-order valence-electron chi connectivity index (χ2n) is 6.90. The molecule has 1 aromatic heterocycles. The molecule has 1 saturated heterocycles. The molecule has 0 atom stereocenters. The van der Waals surface area contributed by atoms with Crippen molar-refractivity contribution in [2.24, 2.45) is 0 Å². The molecular formula is C24H19NO4S2. The van der Waals surface area contributed by atoms with Crippen LogP contribution in [0.15, 0.2) is 76.2 Å². The number of nitrogens with zero attached hydrogens (tertiary/aromatic N) is 1. The highest BCUT2D eigenvalue weighted by Gasteiger charge is 2.32. The summed E-state index contributed by atoms with van der Waals surface area (Å²) < 4.78 is 11.2. The highest BCUT2D eigenvalue weighted by Crippen LogP contribution is 2.34. The molecule has 31 heavy (non-hydrogen) atoms. The van der Waals surface area contributed by atoms with Crippen LogP contribution in [0.25, 0.3) is 6.08 Å². The Morgan fingerprint density at radius 3 is 2.68 bits per heavy atom. The van der Waals surface area contributed by atoms with Crippen molar-refractivity contribution in [1.29, 1.82) is 0 Å². The minimum absolute atomic E-state index is 0.116. The molecule has 2 heterocycles. The molecule has 3 aromatic rings. The van der Waals surface area contributed by atoms with Gasteiger partial charge < -0.3 is 9.15 Å². The zero-order valence-corrected chi connectivity index (χ0v) is 18.4. The molecule has 1 aliphatic heterocycles. The van der Waals surface area contributed by atoms with Crippen molar-refractivity contribution < 1.29 is 18.7 Å². The lowest BCUT2D eigenvalue weighted by Crippen LogP contribution is -2.27. The van der Waals surface area contributed by atoms with Crippen LogP contribution in [-0.2, 0) is 17.8 Å². The fraction of sp³-hybridized carbons (Fsp3) is 0.125. The van der Waals surface area contributed by atoms with E-state index in [2.05, 4.69) is 0 Å². The van der Waals surface area contributed by atoms with Gasteiger partial charge in [0.1, 0.15) is 10.1 Å². The lowest BCUT2D eigenvalue weighted by atomic mass is 10.0. The van der Waals surface area contributed by atoms with E-state index in [9.17, 15) is 9.59 Å². The van der Waals surface area contributed by atoms with E-state index in [0.717, 1.165) is 16.7 Å². The Labute approximate surface area is 189 Å². The molecule has 0 aliphatic carbocycles. The summed E-state index contributed by atoms with van der Waals surface area (Å²) in [5.74, 6) is 0.648. The van der Waals surface area contributed by atoms with Gasteiger partial charge in [-0.05, 0) is 35.4 Å². The van der Waals surface area contributed by atoms with Gasteiger partial charge in [0.25, 0.3) is 5.91 Å². The number of benzene rings is 2. The van der Waals surface area contributed by atoms with E-state index in [-0.39, 0.29) is 18.1 Å². The molecule has 5 nitrogen and oxygen atoms in total. The smallest absolute Gasteiger partial charge is 0.266 e. The molecule has 4 rings (SSSR count). The highest BCUT2D eigenvalue weighted by molar-refractivity contribution is 8.26. The number of rotatable bonds is 7. The monoisotopic (exact) mass is 449 g/mol. The van der Waals surface area contributed by atoms with Crippen LogP contribution in [-0.4, -0.2) is 28.0 Å². The first-order chi connectivity index (χ1) is 15.0. The maximum Gasteiger partial charge on any atom is 0.266 e. The number of carbonyl (C=O) groups is 2. The third-order valence-corrected chi connectivity index (χ3v) is 6.19. The standard InChI is InChI=1S/C24H19NO4S2/c1-28-21-12-17(9-10-18(21)14-19(26)20-8-5-11-29-20)13-22-23(27)25(24(30)31-22)15-16-6-3-2-4-7-16/h2-13H,14-15H2,1H3/b22-13+. The first-order valence-electron chi connectivity index (χ1n) is 9.58. The van der Waals surface area contributed by atoms with Gasteiger partial charge in [0.05, 0.1) is 24.8 Å². The van der Waals surface area contributed by atoms with Gasteiger partial charge in [0, 0.05) is 12.0 Å². The summed E-state index contributed by atoms with van der Waals surface area (Å²) >= 11 is 6.71. The number of thiocarbonyl (C=S) groups is 1. The largest absolute Gasteiger partial charge is 0.496 e. The SMILES string of the molecule is COc1cc(/C=C2/SC(=S)N(Cc3ccccc3)C2=O)ccc1CC(=O)c1ccco1. The number of hydrogen-bond donors (Lipinski definition) is 0. The van der Waals surface area contributed by atoms with E-state index in [0.29, 0.717) is 27.3 Å². The van der Waals surface area contributed by atoms with Gasteiger partial charge in [0.2, 0.25) is 5.78 Å². The van der Waals surface area contributed by atoms with Crippen LogP contribution in [0, 0.1) is 0 Å². The minimum atomic E-state index is -0.127. The van der Waals surface area contributed by atoms with Crippen molar-refractivity contribution in [3.05, 3.63) is 94.3 Å². The number of amides is 1. The number of carbonyl (C=O) groups excluding carboxylic acids is 2. The zero-order valence-electron chi connectivity index (χ0n) is 16.7. The van der Waals surface area contributed by atoms with E-state index in [1.54, 1.807) is 30.2 Å². The molecule has 0 N–H and O–H groups in total. The summed E-state index contributed by atoms with van der Waals surface area (Å²) in [5, 5.41) is 0. The maximum absolute atomic E-state index is 12.9. The summed E-state index contributed by atoms with van der Waals surface area (Å²) in [6, 6.07) is 18.6. The maximum atomic E-state index is 12.9. The molecule has 0 unspecified atom stereocenters. The van der Waals surface area contributed by atoms with E-state index in [4.69, 9.17) is 21.4 Å². The lowest BCUT2D eigenvalue weighted by molar-refractivity contribution is -0.122. The van der Waals surface area contributed by atoms with Crippen molar-refractivity contribution in [3.63, 3.8) is 0 Å². The summed E-state index contributed by atoms with van der Waals surface area (Å²) in [7, 11) is 1.55. The fourth-order valence-electron chi connectivity index (χ4n) is 3.25. The first kappa shape index (κ1) is 21.1. The van der Waals surface area contributed by atoms with E-state index in [1.807, 2.05) is 48.5 Å². The van der Waals surface area contributed by atoms with Crippen molar-refractivity contribution in [2.45, 2.75) is 13.0 Å². The lowest BCUT2D eigenvalue weighted by Gasteiger charge is -2.14. The summed E-state index contributed by atoms with van der Waals surface area (Å²) in [6.07, 6.45) is 3.43. The number of ketones is 1. The molecule has 1 amide bonds. The van der Waals surface area contributed by atoms with E-state index >= 15 is 0 Å². The van der Waals surface area contributed by atoms with Crippen molar-refractivity contribution in [3.8, 4) is 5.75 Å². The Morgan fingerprint density at radius 2 is 1.97 bits per heavy atom. The highest BCUT2D eigenvalue weighted by atomic mass is 32.2. The topological polar surface area (TPSA) is 59.8 Å². The van der Waals surface area contributed by atoms with Crippen LogP contribution in [0.1, 0.15) is 27.2 Å². The van der Waals surface area contributed by atoms with Gasteiger partial charge >= 0.3 is 0 Å².